The smallest absolute Gasteiger partial charge is 0.0973 e. The standard InChI is InChI=1S/C49H33N5/c1-3-13-34(14-4-1)43-32-31-40(33-50-43)53(38-27-29-39(30-28-38)54-46-21-11-7-17-41(46)42-18-8-12-22-47(42)54)37-25-23-36(24-26-37)49-48(35-15-5-2-6-16-35)51-44-19-9-10-20-45(44)52-49/h1-33H. The van der Waals surface area contributed by atoms with Crippen LogP contribution in [-0.4, -0.2) is 19.5 Å². The summed E-state index contributed by atoms with van der Waals surface area (Å²) in [6, 6.07) is 67.5. The van der Waals surface area contributed by atoms with Gasteiger partial charge in [-0.2, -0.15) is 0 Å². The Morgan fingerprint density at radius 1 is 0.370 bits per heavy atom. The summed E-state index contributed by atoms with van der Waals surface area (Å²) in [7, 11) is 0. The highest BCUT2D eigenvalue weighted by Gasteiger charge is 2.18. The minimum atomic E-state index is 0.849. The highest BCUT2D eigenvalue weighted by molar-refractivity contribution is 6.09. The van der Waals surface area contributed by atoms with Crippen LogP contribution in [0.3, 0.4) is 0 Å². The third-order valence-corrected chi connectivity index (χ3v) is 10.0. The Kier molecular flexibility index (Phi) is 7.73. The summed E-state index contributed by atoms with van der Waals surface area (Å²) in [5, 5.41) is 2.49. The number of pyridine rings is 1. The zero-order valence-electron chi connectivity index (χ0n) is 29.3. The van der Waals surface area contributed by atoms with Gasteiger partial charge in [-0.15, -0.1) is 0 Å². The third kappa shape index (κ3) is 5.56. The van der Waals surface area contributed by atoms with E-state index in [0.717, 1.165) is 67.6 Å². The summed E-state index contributed by atoms with van der Waals surface area (Å²) in [5.74, 6) is 0. The lowest BCUT2D eigenvalue weighted by Crippen LogP contribution is -2.10. The van der Waals surface area contributed by atoms with Crippen LogP contribution in [0.4, 0.5) is 17.1 Å². The number of rotatable bonds is 7. The van der Waals surface area contributed by atoms with Crippen molar-refractivity contribution in [3.8, 4) is 39.5 Å². The van der Waals surface area contributed by atoms with Gasteiger partial charge in [0.15, 0.2) is 0 Å². The van der Waals surface area contributed by atoms with Gasteiger partial charge in [0, 0.05) is 44.5 Å². The number of hydrogen-bond donors (Lipinski definition) is 0. The summed E-state index contributed by atoms with van der Waals surface area (Å²) >= 11 is 0. The molecule has 7 aromatic carbocycles. The van der Waals surface area contributed by atoms with Gasteiger partial charge in [0.05, 0.1) is 51.0 Å². The molecule has 10 aromatic rings. The van der Waals surface area contributed by atoms with E-state index >= 15 is 0 Å². The van der Waals surface area contributed by atoms with E-state index in [9.17, 15) is 0 Å². The Labute approximate surface area is 313 Å². The number of para-hydroxylation sites is 4. The first-order valence-electron chi connectivity index (χ1n) is 18.1. The average molecular weight is 692 g/mol. The second-order valence-electron chi connectivity index (χ2n) is 13.3. The molecular weight excluding hydrogens is 659 g/mol. The molecule has 254 valence electrons. The average Bonchev–Trinajstić information content (AvgIpc) is 3.59. The number of benzene rings is 7. The summed E-state index contributed by atoms with van der Waals surface area (Å²) in [4.78, 5) is 17.4. The monoisotopic (exact) mass is 691 g/mol. The van der Waals surface area contributed by atoms with E-state index in [2.05, 4.69) is 143 Å². The molecule has 0 bridgehead atoms. The van der Waals surface area contributed by atoms with Crippen LogP contribution in [0.25, 0.3) is 72.3 Å². The maximum atomic E-state index is 5.14. The van der Waals surface area contributed by atoms with Gasteiger partial charge in [-0.05, 0) is 72.8 Å². The molecule has 5 heteroatoms. The van der Waals surface area contributed by atoms with Crippen molar-refractivity contribution in [3.05, 3.63) is 200 Å². The maximum absolute atomic E-state index is 5.14. The minimum absolute atomic E-state index is 0.849. The summed E-state index contributed by atoms with van der Waals surface area (Å²) in [6.07, 6.45) is 1.96. The number of hydrogen-bond acceptors (Lipinski definition) is 4. The lowest BCUT2D eigenvalue weighted by Gasteiger charge is -2.26. The number of aromatic nitrogens is 4. The molecule has 0 radical (unpaired) electrons. The predicted molar refractivity (Wildman–Crippen MR) is 223 cm³/mol. The molecule has 0 spiro atoms. The number of nitrogens with zero attached hydrogens (tertiary/aromatic N) is 5. The molecule has 0 amide bonds. The van der Waals surface area contributed by atoms with E-state index in [1.165, 1.54) is 21.8 Å². The molecule has 5 nitrogen and oxygen atoms in total. The van der Waals surface area contributed by atoms with Crippen molar-refractivity contribution < 1.29 is 0 Å². The molecule has 3 heterocycles. The molecular formula is C49H33N5. The van der Waals surface area contributed by atoms with E-state index in [1.54, 1.807) is 0 Å². The van der Waals surface area contributed by atoms with Crippen LogP contribution >= 0.6 is 0 Å². The zero-order chi connectivity index (χ0) is 35.8. The van der Waals surface area contributed by atoms with Gasteiger partial charge in [-0.25, -0.2) is 9.97 Å². The predicted octanol–water partition coefficient (Wildman–Crippen LogP) is 12.6. The second kappa shape index (κ2) is 13.3. The van der Waals surface area contributed by atoms with Crippen LogP contribution < -0.4 is 4.90 Å². The van der Waals surface area contributed by atoms with Crippen LogP contribution in [0.1, 0.15) is 0 Å². The van der Waals surface area contributed by atoms with Gasteiger partial charge < -0.3 is 9.47 Å². The van der Waals surface area contributed by atoms with Crippen molar-refractivity contribution >= 4 is 49.9 Å². The molecule has 0 atom stereocenters. The molecule has 0 N–H and O–H groups in total. The normalized spacial score (nSPS) is 11.3. The van der Waals surface area contributed by atoms with Crippen molar-refractivity contribution in [1.29, 1.82) is 0 Å². The first kappa shape index (κ1) is 31.4. The minimum Gasteiger partial charge on any atom is -0.309 e. The highest BCUT2D eigenvalue weighted by atomic mass is 15.1. The third-order valence-electron chi connectivity index (χ3n) is 10.0. The zero-order valence-corrected chi connectivity index (χ0v) is 29.3. The lowest BCUT2D eigenvalue weighted by molar-refractivity contribution is 1.17. The molecule has 0 aliphatic carbocycles. The van der Waals surface area contributed by atoms with Crippen molar-refractivity contribution in [1.82, 2.24) is 19.5 Å². The van der Waals surface area contributed by atoms with Crippen LogP contribution in [0.2, 0.25) is 0 Å². The quantitative estimate of drug-likeness (QED) is 0.167. The van der Waals surface area contributed by atoms with Crippen molar-refractivity contribution in [2.24, 2.45) is 0 Å². The largest absolute Gasteiger partial charge is 0.309 e. The van der Waals surface area contributed by atoms with E-state index in [1.807, 2.05) is 66.9 Å². The highest BCUT2D eigenvalue weighted by Crippen LogP contribution is 2.39. The fourth-order valence-corrected chi connectivity index (χ4v) is 7.46. The summed E-state index contributed by atoms with van der Waals surface area (Å²) < 4.78 is 2.35. The Bertz CT molecular complexity index is 2850. The molecule has 0 unspecified atom stereocenters. The summed E-state index contributed by atoms with van der Waals surface area (Å²) in [5.41, 5.74) is 14.0. The van der Waals surface area contributed by atoms with Gasteiger partial charge in [-0.1, -0.05) is 121 Å². The Morgan fingerprint density at radius 2 is 0.833 bits per heavy atom. The number of fused-ring (bicyclic) bond motifs is 4. The molecule has 0 aliphatic heterocycles. The van der Waals surface area contributed by atoms with Crippen LogP contribution in [-0.2, 0) is 0 Å². The summed E-state index contributed by atoms with van der Waals surface area (Å²) in [6.45, 7) is 0. The van der Waals surface area contributed by atoms with Gasteiger partial charge >= 0.3 is 0 Å². The molecule has 0 saturated heterocycles. The fraction of sp³-hybridized carbons (Fsp3) is 0. The molecule has 0 saturated carbocycles. The van der Waals surface area contributed by atoms with E-state index in [-0.39, 0.29) is 0 Å². The van der Waals surface area contributed by atoms with Gasteiger partial charge in [-0.3, -0.25) is 4.98 Å². The molecule has 0 aliphatic rings. The van der Waals surface area contributed by atoms with Crippen molar-refractivity contribution in [2.75, 3.05) is 4.90 Å². The van der Waals surface area contributed by atoms with Crippen LogP contribution in [0.15, 0.2) is 200 Å². The first-order valence-corrected chi connectivity index (χ1v) is 18.1. The van der Waals surface area contributed by atoms with Gasteiger partial charge in [0.1, 0.15) is 0 Å². The van der Waals surface area contributed by atoms with Crippen molar-refractivity contribution in [3.63, 3.8) is 0 Å². The SMILES string of the molecule is c1ccc(-c2ccc(N(c3ccc(-c4nc5ccccc5nc4-c4ccccc4)cc3)c3ccc(-n4c5ccccc5c5ccccc54)cc3)cn2)cc1. The van der Waals surface area contributed by atoms with E-state index < -0.39 is 0 Å². The Balaban J connectivity index is 1.08. The molecule has 0 fully saturated rings. The fourth-order valence-electron chi connectivity index (χ4n) is 7.46. The van der Waals surface area contributed by atoms with E-state index in [4.69, 9.17) is 15.0 Å². The van der Waals surface area contributed by atoms with Crippen LogP contribution in [0.5, 0.6) is 0 Å². The first-order chi connectivity index (χ1) is 26.8. The second-order valence-corrected chi connectivity index (χ2v) is 13.3. The molecule has 3 aromatic heterocycles. The topological polar surface area (TPSA) is 46.8 Å². The van der Waals surface area contributed by atoms with Gasteiger partial charge in [0.25, 0.3) is 0 Å². The Morgan fingerprint density at radius 3 is 1.39 bits per heavy atom. The number of anilines is 3. The maximum Gasteiger partial charge on any atom is 0.0973 e. The lowest BCUT2D eigenvalue weighted by atomic mass is 10.0. The van der Waals surface area contributed by atoms with E-state index in [0.29, 0.717) is 0 Å². The van der Waals surface area contributed by atoms with Crippen molar-refractivity contribution in [2.45, 2.75) is 0 Å². The Hall–Kier alpha value is -7.37. The van der Waals surface area contributed by atoms with Crippen LogP contribution in [0, 0.1) is 0 Å². The molecule has 10 rings (SSSR count). The van der Waals surface area contributed by atoms with Gasteiger partial charge in [0.2, 0.25) is 0 Å². The molecule has 54 heavy (non-hydrogen) atoms.